The van der Waals surface area contributed by atoms with Crippen molar-refractivity contribution >= 4 is 47.4 Å². The molecule has 1 heterocycles. The lowest BCUT2D eigenvalue weighted by atomic mass is 10.2. The zero-order valence-corrected chi connectivity index (χ0v) is 19.8. The molecule has 0 bridgehead atoms. The maximum atomic E-state index is 11.7. The number of alkyl carbamates (subject to hydrolysis) is 1. The third-order valence-corrected chi connectivity index (χ3v) is 5.40. The van der Waals surface area contributed by atoms with Gasteiger partial charge in [-0.25, -0.2) is 9.78 Å². The molecule has 9 heteroatoms. The van der Waals surface area contributed by atoms with Gasteiger partial charge in [0.05, 0.1) is 29.9 Å². The molecule has 154 valence electrons. The van der Waals surface area contributed by atoms with E-state index < -0.39 is 0 Å². The van der Waals surface area contributed by atoms with Crippen LogP contribution in [0.2, 0.25) is 0 Å². The first-order valence-corrected chi connectivity index (χ1v) is 10.2. The van der Waals surface area contributed by atoms with E-state index in [-0.39, 0.29) is 36.1 Å². The van der Waals surface area contributed by atoms with Crippen molar-refractivity contribution in [2.24, 2.45) is 10.9 Å². The Balaban J connectivity index is 0.00000364. The number of hydrogen-bond donors (Lipinski definition) is 3. The predicted octanol–water partition coefficient (Wildman–Crippen LogP) is 3.00. The van der Waals surface area contributed by atoms with Gasteiger partial charge in [-0.3, -0.25) is 4.99 Å². The molecule has 1 saturated carbocycles. The lowest BCUT2D eigenvalue weighted by molar-refractivity contribution is 0.147. The molecule has 0 saturated heterocycles. The number of aromatic nitrogens is 1. The van der Waals surface area contributed by atoms with Gasteiger partial charge < -0.3 is 20.7 Å². The van der Waals surface area contributed by atoms with Crippen LogP contribution in [-0.4, -0.2) is 49.3 Å². The van der Waals surface area contributed by atoms with E-state index in [1.807, 2.05) is 20.8 Å². The van der Waals surface area contributed by atoms with Crippen LogP contribution < -0.4 is 16.0 Å². The van der Waals surface area contributed by atoms with Gasteiger partial charge in [0.25, 0.3) is 0 Å². The minimum absolute atomic E-state index is 0. The minimum Gasteiger partial charge on any atom is -0.450 e. The third-order valence-electron chi connectivity index (χ3n) is 4.26. The Labute approximate surface area is 183 Å². The number of carbonyl (C=O) groups is 1. The molecule has 0 spiro atoms. The number of aryl methyl sites for hydroxylation is 2. The Kier molecular flexibility index (Phi) is 11.0. The van der Waals surface area contributed by atoms with Gasteiger partial charge in [0, 0.05) is 24.4 Å². The quantitative estimate of drug-likeness (QED) is 0.271. The topological polar surface area (TPSA) is 87.6 Å². The zero-order valence-electron chi connectivity index (χ0n) is 16.6. The molecule has 0 radical (unpaired) electrons. The molecule has 1 atom stereocenters. The van der Waals surface area contributed by atoms with Crippen LogP contribution in [0, 0.1) is 19.8 Å². The molecule has 1 amide bonds. The summed E-state index contributed by atoms with van der Waals surface area (Å²) in [7, 11) is 0. The smallest absolute Gasteiger partial charge is 0.407 e. The van der Waals surface area contributed by atoms with Gasteiger partial charge in [0.2, 0.25) is 0 Å². The Morgan fingerprint density at radius 2 is 2.07 bits per heavy atom. The van der Waals surface area contributed by atoms with E-state index in [4.69, 9.17) is 4.74 Å². The number of nitrogens with zero attached hydrogens (tertiary/aromatic N) is 2. The maximum absolute atomic E-state index is 11.7. The molecule has 1 aromatic heterocycles. The van der Waals surface area contributed by atoms with Gasteiger partial charge in [0.1, 0.15) is 0 Å². The number of rotatable bonds is 9. The van der Waals surface area contributed by atoms with E-state index in [1.54, 1.807) is 11.3 Å². The normalized spacial score (nSPS) is 14.9. The summed E-state index contributed by atoms with van der Waals surface area (Å²) in [4.78, 5) is 22.2. The average molecular weight is 509 g/mol. The number of halogens is 1. The van der Waals surface area contributed by atoms with Crippen molar-refractivity contribution in [2.45, 2.75) is 53.0 Å². The number of amides is 1. The summed E-state index contributed by atoms with van der Waals surface area (Å²) >= 11 is 1.75. The zero-order chi connectivity index (χ0) is 18.9. The summed E-state index contributed by atoms with van der Waals surface area (Å²) in [5.41, 5.74) is 1.11. The number of hydrogen-bond acceptors (Lipinski definition) is 5. The van der Waals surface area contributed by atoms with E-state index in [0.29, 0.717) is 19.1 Å². The van der Waals surface area contributed by atoms with Gasteiger partial charge in [0.15, 0.2) is 5.96 Å². The van der Waals surface area contributed by atoms with Crippen LogP contribution in [0.1, 0.15) is 42.3 Å². The number of aliphatic imine (C=N–C) groups is 1. The molecular weight excluding hydrogens is 477 g/mol. The van der Waals surface area contributed by atoms with E-state index in [2.05, 4.69) is 32.9 Å². The second-order valence-corrected chi connectivity index (χ2v) is 7.74. The first kappa shape index (κ1) is 23.9. The van der Waals surface area contributed by atoms with Crippen molar-refractivity contribution in [3.8, 4) is 0 Å². The summed E-state index contributed by atoms with van der Waals surface area (Å²) in [6.07, 6.45) is 2.79. The van der Waals surface area contributed by atoms with Crippen molar-refractivity contribution in [3.05, 3.63) is 15.6 Å². The van der Waals surface area contributed by atoms with Crippen LogP contribution in [0.4, 0.5) is 4.79 Å². The fourth-order valence-corrected chi connectivity index (χ4v) is 3.53. The fraction of sp³-hybridized carbons (Fsp3) is 0.722. The minimum atomic E-state index is -0.355. The van der Waals surface area contributed by atoms with Crippen molar-refractivity contribution in [3.63, 3.8) is 0 Å². The number of thiazole rings is 1. The van der Waals surface area contributed by atoms with Crippen LogP contribution in [-0.2, 0) is 11.2 Å². The SMILES string of the molecule is CCNC(=NCC(NC(=O)OCC)C1CC1)NCCc1nc(C)c(C)s1.I. The van der Waals surface area contributed by atoms with E-state index in [0.717, 1.165) is 49.0 Å². The molecule has 2 rings (SSSR count). The van der Waals surface area contributed by atoms with Gasteiger partial charge in [-0.2, -0.15) is 0 Å². The summed E-state index contributed by atoms with van der Waals surface area (Å²) < 4.78 is 4.99. The van der Waals surface area contributed by atoms with Crippen molar-refractivity contribution < 1.29 is 9.53 Å². The Morgan fingerprint density at radius 1 is 1.33 bits per heavy atom. The van der Waals surface area contributed by atoms with Crippen LogP contribution in [0.15, 0.2) is 4.99 Å². The maximum Gasteiger partial charge on any atom is 0.407 e. The van der Waals surface area contributed by atoms with Gasteiger partial charge in [-0.05, 0) is 46.5 Å². The van der Waals surface area contributed by atoms with E-state index in [1.165, 1.54) is 4.88 Å². The highest BCUT2D eigenvalue weighted by Gasteiger charge is 2.32. The highest BCUT2D eigenvalue weighted by molar-refractivity contribution is 14.0. The number of guanidine groups is 1. The molecule has 1 aliphatic rings. The van der Waals surface area contributed by atoms with Gasteiger partial charge in [-0.15, -0.1) is 35.3 Å². The Bertz CT molecular complexity index is 599. The molecular formula is C18H32IN5O2S. The van der Waals surface area contributed by atoms with Crippen LogP contribution in [0.3, 0.4) is 0 Å². The molecule has 1 fully saturated rings. The molecule has 1 aliphatic carbocycles. The molecule has 0 aliphatic heterocycles. The standard InChI is InChI=1S/C18H31N5O2S.HI/c1-5-19-17(20-10-9-16-22-12(3)13(4)26-16)21-11-15(14-7-8-14)23-18(24)25-6-2;/h14-15H,5-11H2,1-4H3,(H,23,24)(H2,19,20,21);1H. The Hall–Kier alpha value is -1.10. The van der Waals surface area contributed by atoms with Crippen molar-refractivity contribution in [1.29, 1.82) is 0 Å². The second kappa shape index (κ2) is 12.4. The summed E-state index contributed by atoms with van der Waals surface area (Å²) in [5.74, 6) is 1.28. The number of carbonyl (C=O) groups excluding carboxylic acids is 1. The average Bonchev–Trinajstić information content (AvgIpc) is 3.38. The van der Waals surface area contributed by atoms with Crippen molar-refractivity contribution in [1.82, 2.24) is 20.9 Å². The summed E-state index contributed by atoms with van der Waals surface area (Å²) in [6, 6.07) is 0.0359. The second-order valence-electron chi connectivity index (χ2n) is 6.45. The first-order valence-electron chi connectivity index (χ1n) is 9.41. The van der Waals surface area contributed by atoms with Crippen LogP contribution in [0.5, 0.6) is 0 Å². The van der Waals surface area contributed by atoms with E-state index in [9.17, 15) is 4.79 Å². The lowest BCUT2D eigenvalue weighted by Gasteiger charge is -2.17. The monoisotopic (exact) mass is 509 g/mol. The third kappa shape index (κ3) is 8.63. The van der Waals surface area contributed by atoms with Crippen molar-refractivity contribution in [2.75, 3.05) is 26.2 Å². The molecule has 1 aromatic rings. The van der Waals surface area contributed by atoms with E-state index >= 15 is 0 Å². The molecule has 0 aromatic carbocycles. The van der Waals surface area contributed by atoms with Crippen LogP contribution in [0.25, 0.3) is 0 Å². The van der Waals surface area contributed by atoms with Gasteiger partial charge >= 0.3 is 6.09 Å². The predicted molar refractivity (Wildman–Crippen MR) is 121 cm³/mol. The Morgan fingerprint density at radius 3 is 2.63 bits per heavy atom. The van der Waals surface area contributed by atoms with Gasteiger partial charge in [-0.1, -0.05) is 0 Å². The first-order chi connectivity index (χ1) is 12.5. The molecule has 3 N–H and O–H groups in total. The fourth-order valence-electron chi connectivity index (χ4n) is 2.60. The lowest BCUT2D eigenvalue weighted by Crippen LogP contribution is -2.42. The highest BCUT2D eigenvalue weighted by atomic mass is 127. The molecule has 1 unspecified atom stereocenters. The summed E-state index contributed by atoms with van der Waals surface area (Å²) in [5, 5.41) is 10.7. The number of nitrogens with one attached hydrogen (secondary N) is 3. The molecule has 27 heavy (non-hydrogen) atoms. The molecule has 7 nitrogen and oxygen atoms in total. The largest absolute Gasteiger partial charge is 0.450 e. The number of ether oxygens (including phenoxy) is 1. The van der Waals surface area contributed by atoms with Crippen LogP contribution >= 0.6 is 35.3 Å². The summed E-state index contributed by atoms with van der Waals surface area (Å²) in [6.45, 7) is 10.5. The highest BCUT2D eigenvalue weighted by Crippen LogP contribution is 2.32.